The molecule has 5 heteroatoms. The van der Waals surface area contributed by atoms with Gasteiger partial charge in [-0.05, 0) is 0 Å². The Morgan fingerprint density at radius 3 is 1.67 bits per heavy atom. The second-order valence-corrected chi connectivity index (χ2v) is 3.71. The van der Waals surface area contributed by atoms with Crippen LogP contribution in [0.4, 0.5) is 0 Å². The van der Waals surface area contributed by atoms with E-state index in [0.717, 1.165) is 0 Å². The predicted molar refractivity (Wildman–Crippen MR) is 23.5 cm³/mol. The van der Waals surface area contributed by atoms with Crippen LogP contribution in [-0.2, 0) is 19.7 Å². The summed E-state index contributed by atoms with van der Waals surface area (Å²) in [4.78, 5) is 8.24. The fourth-order valence-corrected chi connectivity index (χ4v) is 0. The van der Waals surface area contributed by atoms with Gasteiger partial charge in [0.25, 0.3) is 0 Å². The third kappa shape index (κ3) is 166. The monoisotopic (exact) mass is 207 g/mol. The van der Waals surface area contributed by atoms with Gasteiger partial charge in [-0.1, -0.05) is 6.47 Å². The molecule has 0 amide bonds. The zero-order valence-corrected chi connectivity index (χ0v) is 6.22. The molecule has 0 heterocycles. The molecule has 6 heavy (non-hydrogen) atoms. The van der Waals surface area contributed by atoms with Crippen molar-refractivity contribution < 1.29 is 24.8 Å². The average Bonchev–Trinajstić information content (AvgIpc) is 1.39. The summed E-state index contributed by atoms with van der Waals surface area (Å²) in [6.07, 6.45) is 0. The first-order valence-electron chi connectivity index (χ1n) is 0.761. The predicted octanol–water partition coefficient (Wildman–Crippen LogP) is 0.905. The Morgan fingerprint density at radius 2 is 1.67 bits per heavy atom. The van der Waals surface area contributed by atoms with Gasteiger partial charge in [0.15, 0.2) is 0 Å². The van der Waals surface area contributed by atoms with Crippen LogP contribution in [0.15, 0.2) is 0 Å². The van der Waals surface area contributed by atoms with Crippen LogP contribution in [0.3, 0.4) is 0 Å². The fourth-order valence-electron chi connectivity index (χ4n) is 0. The van der Waals surface area contributed by atoms with Crippen molar-refractivity contribution in [3.63, 3.8) is 0 Å². The molecule has 2 nitrogen and oxygen atoms in total. The van der Waals surface area contributed by atoms with Gasteiger partial charge in [0.1, 0.15) is 0 Å². The van der Waals surface area contributed by atoms with Crippen molar-refractivity contribution in [2.24, 2.45) is 0 Å². The molecular formula is CHMoO2S2-. The molecule has 0 saturated carbocycles. The maximum atomic E-state index is 8.24. The molecular weight excluding hydrogens is 204 g/mol. The van der Waals surface area contributed by atoms with Gasteiger partial charge in [0.2, 0.25) is 0 Å². The molecule has 0 fully saturated rings. The Hall–Kier alpha value is 0.598. The minimum absolute atomic E-state index is 0.363. The molecule has 0 radical (unpaired) electrons. The van der Waals surface area contributed by atoms with Gasteiger partial charge in [-0.3, -0.25) is 0 Å². The van der Waals surface area contributed by atoms with Gasteiger partial charge in [-0.25, -0.2) is 0 Å². The molecule has 0 aromatic carbocycles. The van der Waals surface area contributed by atoms with Crippen molar-refractivity contribution in [2.45, 2.75) is 0 Å². The Kier molecular flexibility index (Phi) is 28.6. The van der Waals surface area contributed by atoms with Crippen molar-refractivity contribution in [1.29, 1.82) is 0 Å². The minimum atomic E-state index is -0.363. The summed E-state index contributed by atoms with van der Waals surface area (Å²) in [5.41, 5.74) is 0. The molecule has 0 bridgehead atoms. The molecule has 0 rings (SSSR count). The third-order valence-electron chi connectivity index (χ3n) is 0. The molecule has 0 spiro atoms. The molecule has 0 atom stereocenters. The van der Waals surface area contributed by atoms with Crippen molar-refractivity contribution in [1.82, 2.24) is 0 Å². The molecule has 0 aliphatic carbocycles. The number of hydrogen-bond acceptors (Lipinski definition) is 3. The zero-order valence-electron chi connectivity index (χ0n) is 2.58. The van der Waals surface area contributed by atoms with Crippen LogP contribution in [0.25, 0.3) is 0 Å². The van der Waals surface area contributed by atoms with Crippen molar-refractivity contribution in [2.75, 3.05) is 0 Å². The van der Waals surface area contributed by atoms with E-state index in [1.807, 2.05) is 0 Å². The van der Waals surface area contributed by atoms with Gasteiger partial charge in [0.05, 0.1) is 0 Å². The van der Waals surface area contributed by atoms with E-state index in [-0.39, 0.29) is 14.9 Å². The van der Waals surface area contributed by atoms with Gasteiger partial charge in [0, 0.05) is 0 Å². The first-order valence-corrected chi connectivity index (χ1v) is 6.34. The summed E-state index contributed by atoms with van der Waals surface area (Å²) in [7, 11) is 8.68. The van der Waals surface area contributed by atoms with E-state index in [0.29, 0.717) is 6.47 Å². The number of aliphatic hydroxyl groups excluding tert-OH is 1. The molecule has 36 valence electrons. The molecule has 0 aromatic rings. The summed E-state index contributed by atoms with van der Waals surface area (Å²) in [6.45, 7) is 0.500. The maximum absolute atomic E-state index is 8.24. The SMILES string of the molecule is O=[C-]O.[S]=[Mo]=[S]. The average molecular weight is 205 g/mol. The second-order valence-electron chi connectivity index (χ2n) is 0.159. The summed E-state index contributed by atoms with van der Waals surface area (Å²) in [5.74, 6) is 0. The van der Waals surface area contributed by atoms with Crippen molar-refractivity contribution >= 4 is 26.1 Å². The van der Waals surface area contributed by atoms with E-state index >= 15 is 0 Å². The van der Waals surface area contributed by atoms with Crippen LogP contribution < -0.4 is 0 Å². The van der Waals surface area contributed by atoms with E-state index in [2.05, 4.69) is 19.6 Å². The third-order valence-corrected chi connectivity index (χ3v) is 0. The molecule has 0 aromatic heterocycles. The van der Waals surface area contributed by atoms with E-state index in [1.165, 1.54) is 0 Å². The van der Waals surface area contributed by atoms with Crippen LogP contribution in [0, 0.1) is 0 Å². The molecule has 1 N–H and O–H groups in total. The Morgan fingerprint density at radius 1 is 1.67 bits per heavy atom. The number of hydrogen-bond donors (Lipinski definition) is 1. The molecule has 0 aliphatic heterocycles. The molecule has 0 aliphatic rings. The van der Waals surface area contributed by atoms with Crippen LogP contribution >= 0.6 is 19.6 Å². The van der Waals surface area contributed by atoms with E-state index < -0.39 is 0 Å². The zero-order chi connectivity index (χ0) is 5.41. The topological polar surface area (TPSA) is 37.3 Å². The summed E-state index contributed by atoms with van der Waals surface area (Å²) in [5, 5.41) is 6.76. The van der Waals surface area contributed by atoms with Gasteiger partial charge < -0.3 is 9.90 Å². The quantitative estimate of drug-likeness (QED) is 0.471. The van der Waals surface area contributed by atoms with E-state index in [9.17, 15) is 0 Å². The summed E-state index contributed by atoms with van der Waals surface area (Å²) in [6, 6.07) is 0. The van der Waals surface area contributed by atoms with Crippen molar-refractivity contribution in [3.8, 4) is 0 Å². The van der Waals surface area contributed by atoms with Gasteiger partial charge in [-0.2, -0.15) is 0 Å². The van der Waals surface area contributed by atoms with Gasteiger partial charge >= 0.3 is 34.6 Å². The normalized spacial score (nSPS) is 4.00. The van der Waals surface area contributed by atoms with Crippen LogP contribution in [-0.4, -0.2) is 11.6 Å². The number of rotatable bonds is 0. The van der Waals surface area contributed by atoms with Gasteiger partial charge in [-0.15, -0.1) is 0 Å². The molecule has 0 saturated heterocycles. The fraction of sp³-hybridized carbons (Fsp3) is 0. The Balaban J connectivity index is 0. The summed E-state index contributed by atoms with van der Waals surface area (Å²) >= 11 is -0.363. The summed E-state index contributed by atoms with van der Waals surface area (Å²) < 4.78 is 0. The van der Waals surface area contributed by atoms with Crippen LogP contribution in [0.5, 0.6) is 0 Å². The van der Waals surface area contributed by atoms with Crippen LogP contribution in [0.1, 0.15) is 0 Å². The van der Waals surface area contributed by atoms with E-state index in [1.54, 1.807) is 0 Å². The van der Waals surface area contributed by atoms with Crippen LogP contribution in [0.2, 0.25) is 0 Å². The Labute approximate surface area is 51.0 Å². The first-order chi connectivity index (χ1) is 2.83. The standard InChI is InChI=1S/CHO2.Mo.2S/c2-1-3;;;/h(H,2,3);;;/q-1;;;. The Bertz CT molecular complexity index is 56.6. The molecule has 0 unspecified atom stereocenters. The van der Waals surface area contributed by atoms with E-state index in [4.69, 9.17) is 9.90 Å². The first kappa shape index (κ1) is 9.78. The van der Waals surface area contributed by atoms with Crippen molar-refractivity contribution in [3.05, 3.63) is 0 Å². The second kappa shape index (κ2) is 17.5.